The first-order chi connectivity index (χ1) is 11.8. The minimum atomic E-state index is -1.40. The third-order valence-corrected chi connectivity index (χ3v) is 4.07. The Kier molecular flexibility index (Phi) is 4.41. The summed E-state index contributed by atoms with van der Waals surface area (Å²) in [6.45, 7) is 1.51. The van der Waals surface area contributed by atoms with Gasteiger partial charge in [0.05, 0.1) is 12.3 Å². The molecule has 134 valence electrons. The molecule has 2 aromatic rings. The van der Waals surface area contributed by atoms with Crippen molar-refractivity contribution < 1.29 is 24.1 Å². The number of aromatic nitrogens is 3. The summed E-state index contributed by atoms with van der Waals surface area (Å²) >= 11 is 0. The molecule has 25 heavy (non-hydrogen) atoms. The summed E-state index contributed by atoms with van der Waals surface area (Å²) in [6, 6.07) is 3.17. The molecule has 1 saturated heterocycles. The van der Waals surface area contributed by atoms with Gasteiger partial charge in [0, 0.05) is 13.2 Å². The highest BCUT2D eigenvalue weighted by molar-refractivity contribution is 6.02. The number of aryl methyl sites for hydroxylation is 1. The number of carbonyl (C=O) groups excluding carboxylic acids is 1. The fourth-order valence-corrected chi connectivity index (χ4v) is 2.64. The zero-order chi connectivity index (χ0) is 18.3. The SMILES string of the molecule is C[C@H]1O[C@@H](n2cc(F)c(NC(=O)c3cccn3C)nc2=O)[C@H](O)[C@@H]1O. The van der Waals surface area contributed by atoms with Crippen LogP contribution in [0.25, 0.3) is 0 Å². The van der Waals surface area contributed by atoms with Crippen LogP contribution in [0, 0.1) is 5.82 Å². The minimum Gasteiger partial charge on any atom is -0.388 e. The highest BCUT2D eigenvalue weighted by Gasteiger charge is 2.42. The van der Waals surface area contributed by atoms with E-state index in [0.717, 1.165) is 10.8 Å². The van der Waals surface area contributed by atoms with E-state index in [-0.39, 0.29) is 5.69 Å². The molecule has 1 aliphatic rings. The summed E-state index contributed by atoms with van der Waals surface area (Å²) < 4.78 is 21.8. The Morgan fingerprint density at radius 3 is 2.68 bits per heavy atom. The van der Waals surface area contributed by atoms with Crippen LogP contribution in [0.15, 0.2) is 29.3 Å². The van der Waals surface area contributed by atoms with Gasteiger partial charge >= 0.3 is 5.69 Å². The van der Waals surface area contributed by atoms with Crippen molar-refractivity contribution >= 4 is 11.7 Å². The van der Waals surface area contributed by atoms with E-state index in [9.17, 15) is 24.2 Å². The van der Waals surface area contributed by atoms with E-state index in [1.807, 2.05) is 0 Å². The first-order valence-corrected chi connectivity index (χ1v) is 7.52. The summed E-state index contributed by atoms with van der Waals surface area (Å²) in [4.78, 5) is 27.7. The topological polar surface area (TPSA) is 119 Å². The summed E-state index contributed by atoms with van der Waals surface area (Å²) in [6.07, 6.45) is -2.20. The largest absolute Gasteiger partial charge is 0.388 e. The zero-order valence-corrected chi connectivity index (χ0v) is 13.5. The number of nitrogens with one attached hydrogen (secondary N) is 1. The maximum atomic E-state index is 14.3. The normalized spacial score (nSPS) is 26.0. The van der Waals surface area contributed by atoms with Crippen LogP contribution >= 0.6 is 0 Å². The predicted octanol–water partition coefficient (Wildman–Crippen LogP) is -0.388. The van der Waals surface area contributed by atoms with Crippen LogP contribution in [-0.4, -0.2) is 48.6 Å². The van der Waals surface area contributed by atoms with Gasteiger partial charge in [0.2, 0.25) is 0 Å². The number of hydrogen-bond donors (Lipinski definition) is 3. The third-order valence-electron chi connectivity index (χ3n) is 4.07. The van der Waals surface area contributed by atoms with Crippen LogP contribution in [-0.2, 0) is 11.8 Å². The van der Waals surface area contributed by atoms with E-state index in [4.69, 9.17) is 4.74 Å². The molecule has 1 fully saturated rings. The minimum absolute atomic E-state index is 0.261. The van der Waals surface area contributed by atoms with Gasteiger partial charge in [-0.05, 0) is 19.1 Å². The van der Waals surface area contributed by atoms with E-state index in [2.05, 4.69) is 10.3 Å². The number of aliphatic hydroxyl groups excluding tert-OH is 2. The van der Waals surface area contributed by atoms with Crippen molar-refractivity contribution in [3.8, 4) is 0 Å². The molecular formula is C15H17FN4O5. The monoisotopic (exact) mass is 352 g/mol. The van der Waals surface area contributed by atoms with E-state index in [1.165, 1.54) is 17.6 Å². The summed E-state index contributed by atoms with van der Waals surface area (Å²) in [5, 5.41) is 21.8. The number of hydrogen-bond acceptors (Lipinski definition) is 6. The standard InChI is InChI=1S/C15H17FN4O5/c1-7-10(21)11(22)14(25-7)20-6-8(16)12(18-15(20)24)17-13(23)9-4-3-5-19(9)2/h3-7,10-11,14,21-22H,1-2H3,(H,17,18,23,24)/t7-,10-,11-,14-/m1/s1. The van der Waals surface area contributed by atoms with Crippen molar-refractivity contribution in [1.82, 2.24) is 14.1 Å². The Morgan fingerprint density at radius 1 is 1.40 bits per heavy atom. The third kappa shape index (κ3) is 3.06. The molecule has 10 heteroatoms. The molecule has 0 unspecified atom stereocenters. The van der Waals surface area contributed by atoms with Gasteiger partial charge < -0.3 is 24.8 Å². The van der Waals surface area contributed by atoms with Gasteiger partial charge in [-0.3, -0.25) is 9.36 Å². The van der Waals surface area contributed by atoms with Crippen LogP contribution in [0.1, 0.15) is 23.6 Å². The van der Waals surface area contributed by atoms with Crippen molar-refractivity contribution in [2.24, 2.45) is 7.05 Å². The van der Waals surface area contributed by atoms with Crippen molar-refractivity contribution in [3.05, 3.63) is 46.5 Å². The molecule has 3 N–H and O–H groups in total. The van der Waals surface area contributed by atoms with E-state index in [1.54, 1.807) is 19.3 Å². The van der Waals surface area contributed by atoms with Gasteiger partial charge in [-0.2, -0.15) is 4.98 Å². The van der Waals surface area contributed by atoms with Gasteiger partial charge in [0.15, 0.2) is 17.9 Å². The molecule has 1 amide bonds. The fourth-order valence-electron chi connectivity index (χ4n) is 2.64. The predicted molar refractivity (Wildman–Crippen MR) is 83.4 cm³/mol. The van der Waals surface area contributed by atoms with Gasteiger partial charge in [0.1, 0.15) is 17.9 Å². The molecule has 3 heterocycles. The first kappa shape index (κ1) is 17.3. The Labute approximate surface area is 141 Å². The molecule has 0 aliphatic carbocycles. The number of nitrogens with zero attached hydrogens (tertiary/aromatic N) is 3. The number of aliphatic hydroxyl groups is 2. The van der Waals surface area contributed by atoms with Gasteiger partial charge in [0.25, 0.3) is 5.91 Å². The lowest BCUT2D eigenvalue weighted by Gasteiger charge is -2.17. The second-order valence-electron chi connectivity index (χ2n) is 5.80. The Bertz CT molecular complexity index is 864. The summed E-state index contributed by atoms with van der Waals surface area (Å²) in [7, 11) is 1.64. The van der Waals surface area contributed by atoms with Crippen LogP contribution in [0.4, 0.5) is 10.2 Å². The maximum Gasteiger partial charge on any atom is 0.351 e. The van der Waals surface area contributed by atoms with Crippen molar-refractivity contribution in [2.75, 3.05) is 5.32 Å². The molecule has 2 aromatic heterocycles. The van der Waals surface area contributed by atoms with Crippen LogP contribution in [0.2, 0.25) is 0 Å². The average Bonchev–Trinajstić information content (AvgIpc) is 3.09. The molecule has 0 saturated carbocycles. The highest BCUT2D eigenvalue weighted by atomic mass is 19.1. The maximum absolute atomic E-state index is 14.3. The van der Waals surface area contributed by atoms with Gasteiger partial charge in [-0.1, -0.05) is 0 Å². The second-order valence-corrected chi connectivity index (χ2v) is 5.80. The van der Waals surface area contributed by atoms with Crippen LogP contribution in [0.3, 0.4) is 0 Å². The molecule has 3 rings (SSSR count). The van der Waals surface area contributed by atoms with Crippen molar-refractivity contribution in [1.29, 1.82) is 0 Å². The van der Waals surface area contributed by atoms with E-state index in [0.29, 0.717) is 0 Å². The summed E-state index contributed by atoms with van der Waals surface area (Å²) in [5.41, 5.74) is -0.675. The lowest BCUT2D eigenvalue weighted by atomic mass is 10.1. The lowest BCUT2D eigenvalue weighted by Crippen LogP contribution is -2.36. The van der Waals surface area contributed by atoms with E-state index < -0.39 is 47.8 Å². The van der Waals surface area contributed by atoms with Crippen molar-refractivity contribution in [3.63, 3.8) is 0 Å². The number of ether oxygens (including phenoxy) is 1. The number of halogens is 1. The Hall–Kier alpha value is -2.56. The van der Waals surface area contributed by atoms with Gasteiger partial charge in [-0.25, -0.2) is 9.18 Å². The Balaban J connectivity index is 1.87. The number of carbonyl (C=O) groups is 1. The molecule has 0 bridgehead atoms. The molecule has 0 spiro atoms. The molecule has 1 aliphatic heterocycles. The van der Waals surface area contributed by atoms with Gasteiger partial charge in [-0.15, -0.1) is 0 Å². The second kappa shape index (κ2) is 6.39. The molecular weight excluding hydrogens is 335 g/mol. The Morgan fingerprint density at radius 2 is 2.12 bits per heavy atom. The number of amides is 1. The number of anilines is 1. The van der Waals surface area contributed by atoms with Crippen molar-refractivity contribution in [2.45, 2.75) is 31.5 Å². The molecule has 4 atom stereocenters. The van der Waals surface area contributed by atoms with Crippen LogP contribution < -0.4 is 11.0 Å². The first-order valence-electron chi connectivity index (χ1n) is 7.52. The molecule has 9 nitrogen and oxygen atoms in total. The highest BCUT2D eigenvalue weighted by Crippen LogP contribution is 2.28. The average molecular weight is 352 g/mol. The number of rotatable bonds is 3. The smallest absolute Gasteiger partial charge is 0.351 e. The molecule has 0 radical (unpaired) electrons. The lowest BCUT2D eigenvalue weighted by molar-refractivity contribution is -0.0355. The quantitative estimate of drug-likeness (QED) is 0.692. The summed E-state index contributed by atoms with van der Waals surface area (Å²) in [5.74, 6) is -2.14. The zero-order valence-electron chi connectivity index (χ0n) is 13.5. The molecule has 0 aromatic carbocycles. The van der Waals surface area contributed by atoms with E-state index >= 15 is 0 Å². The van der Waals surface area contributed by atoms with Crippen LogP contribution in [0.5, 0.6) is 0 Å². The fraction of sp³-hybridized carbons (Fsp3) is 0.400.